The number of nitrogens with zero attached hydrogens (tertiary/aromatic N) is 1. The molecule has 8 heteroatoms. The summed E-state index contributed by atoms with van der Waals surface area (Å²) in [5, 5.41) is 0. The largest absolute Gasteiger partial charge is 0.451 e. The first kappa shape index (κ1) is 19.1. The SMILES string of the molecule is O=C(c1ccc(-c2ccccc2F)o1)N(C[C@H]1CCCO1)[C@@H]1CCS(=O)(=O)C1. The third-order valence-corrected chi connectivity index (χ3v) is 7.04. The van der Waals surface area contributed by atoms with Gasteiger partial charge in [0.2, 0.25) is 0 Å². The Kier molecular flexibility index (Phi) is 5.25. The Morgan fingerprint density at radius 2 is 2.00 bits per heavy atom. The quantitative estimate of drug-likeness (QED) is 0.762. The molecule has 2 aliphatic rings. The highest BCUT2D eigenvalue weighted by atomic mass is 32.2. The summed E-state index contributed by atoms with van der Waals surface area (Å²) >= 11 is 0. The maximum absolute atomic E-state index is 14.0. The number of furan rings is 1. The van der Waals surface area contributed by atoms with Crippen molar-refractivity contribution in [2.75, 3.05) is 24.7 Å². The minimum Gasteiger partial charge on any atom is -0.451 e. The lowest BCUT2D eigenvalue weighted by Crippen LogP contribution is -2.45. The van der Waals surface area contributed by atoms with Crippen molar-refractivity contribution in [3.63, 3.8) is 0 Å². The van der Waals surface area contributed by atoms with Crippen molar-refractivity contribution in [3.05, 3.63) is 48.0 Å². The summed E-state index contributed by atoms with van der Waals surface area (Å²) in [6, 6.07) is 8.84. The number of carbonyl (C=O) groups excluding carboxylic acids is 1. The van der Waals surface area contributed by atoms with Gasteiger partial charge in [0.1, 0.15) is 11.6 Å². The van der Waals surface area contributed by atoms with Gasteiger partial charge in [0.15, 0.2) is 15.6 Å². The third kappa shape index (κ3) is 3.98. The number of ether oxygens (including phenoxy) is 1. The molecular weight excluding hydrogens is 385 g/mol. The average molecular weight is 407 g/mol. The van der Waals surface area contributed by atoms with E-state index in [1.807, 2.05) is 0 Å². The number of benzene rings is 1. The Labute approximate surface area is 163 Å². The maximum atomic E-state index is 14.0. The second kappa shape index (κ2) is 7.67. The van der Waals surface area contributed by atoms with Crippen LogP contribution in [0.25, 0.3) is 11.3 Å². The van der Waals surface area contributed by atoms with E-state index in [-0.39, 0.29) is 40.6 Å². The van der Waals surface area contributed by atoms with Gasteiger partial charge in [-0.2, -0.15) is 0 Å². The van der Waals surface area contributed by atoms with E-state index < -0.39 is 21.7 Å². The molecule has 0 radical (unpaired) electrons. The Hall–Kier alpha value is -2.19. The minimum absolute atomic E-state index is 0.0493. The maximum Gasteiger partial charge on any atom is 0.289 e. The lowest BCUT2D eigenvalue weighted by atomic mass is 10.1. The Bertz CT molecular complexity index is 964. The predicted octanol–water partition coefficient (Wildman–Crippen LogP) is 2.89. The number of hydrogen-bond acceptors (Lipinski definition) is 5. The molecule has 1 aromatic heterocycles. The van der Waals surface area contributed by atoms with Crippen LogP contribution in [-0.4, -0.2) is 56.0 Å². The van der Waals surface area contributed by atoms with Crippen LogP contribution in [0.15, 0.2) is 40.8 Å². The molecule has 2 atom stereocenters. The van der Waals surface area contributed by atoms with Gasteiger partial charge in [-0.25, -0.2) is 12.8 Å². The molecule has 4 rings (SSSR count). The summed E-state index contributed by atoms with van der Waals surface area (Å²) in [7, 11) is -3.15. The van der Waals surface area contributed by atoms with Gasteiger partial charge >= 0.3 is 0 Å². The van der Waals surface area contributed by atoms with Gasteiger partial charge in [0.25, 0.3) is 5.91 Å². The summed E-state index contributed by atoms with van der Waals surface area (Å²) < 4.78 is 49.2. The highest BCUT2D eigenvalue weighted by Crippen LogP contribution is 2.28. The van der Waals surface area contributed by atoms with Gasteiger partial charge < -0.3 is 14.1 Å². The van der Waals surface area contributed by atoms with E-state index in [0.29, 0.717) is 19.6 Å². The molecule has 2 aliphatic heterocycles. The molecule has 2 fully saturated rings. The van der Waals surface area contributed by atoms with Gasteiger partial charge in [-0.05, 0) is 43.5 Å². The van der Waals surface area contributed by atoms with Crippen molar-refractivity contribution in [2.24, 2.45) is 0 Å². The molecule has 2 saturated heterocycles. The molecule has 2 aromatic rings. The second-order valence-electron chi connectivity index (χ2n) is 7.29. The van der Waals surface area contributed by atoms with Gasteiger partial charge in [-0.3, -0.25) is 4.79 Å². The van der Waals surface area contributed by atoms with E-state index >= 15 is 0 Å². The molecule has 0 bridgehead atoms. The van der Waals surface area contributed by atoms with E-state index in [9.17, 15) is 17.6 Å². The molecule has 1 amide bonds. The molecule has 0 aliphatic carbocycles. The number of sulfone groups is 1. The second-order valence-corrected chi connectivity index (χ2v) is 9.52. The van der Waals surface area contributed by atoms with Crippen molar-refractivity contribution in [1.29, 1.82) is 0 Å². The first-order valence-electron chi connectivity index (χ1n) is 9.41. The number of rotatable bonds is 5. The lowest BCUT2D eigenvalue weighted by Gasteiger charge is -2.29. The molecule has 150 valence electrons. The zero-order valence-corrected chi connectivity index (χ0v) is 16.2. The van der Waals surface area contributed by atoms with Crippen molar-refractivity contribution in [2.45, 2.75) is 31.4 Å². The van der Waals surface area contributed by atoms with Crippen LogP contribution in [0, 0.1) is 5.82 Å². The molecule has 0 saturated carbocycles. The summed E-state index contributed by atoms with van der Waals surface area (Å²) in [6.45, 7) is 0.975. The molecular formula is C20H22FNO5S. The summed E-state index contributed by atoms with van der Waals surface area (Å²) in [5.41, 5.74) is 0.274. The van der Waals surface area contributed by atoms with Crippen LogP contribution in [-0.2, 0) is 14.6 Å². The van der Waals surface area contributed by atoms with E-state index in [4.69, 9.17) is 9.15 Å². The van der Waals surface area contributed by atoms with Gasteiger partial charge in [0.05, 0.1) is 23.2 Å². The lowest BCUT2D eigenvalue weighted by molar-refractivity contribution is 0.0419. The molecule has 0 unspecified atom stereocenters. The van der Waals surface area contributed by atoms with Crippen LogP contribution in [0.5, 0.6) is 0 Å². The normalized spacial score (nSPS) is 23.8. The Morgan fingerprint density at radius 3 is 2.68 bits per heavy atom. The van der Waals surface area contributed by atoms with Crippen molar-refractivity contribution in [3.8, 4) is 11.3 Å². The average Bonchev–Trinajstić information content (AvgIpc) is 3.40. The third-order valence-electron chi connectivity index (χ3n) is 5.29. The van der Waals surface area contributed by atoms with Crippen LogP contribution in [0.1, 0.15) is 29.8 Å². The fraction of sp³-hybridized carbons (Fsp3) is 0.450. The standard InChI is InChI=1S/C20H22FNO5S/c21-17-6-2-1-5-16(17)18-7-8-19(27-18)20(23)22(12-15-4-3-10-26-15)14-9-11-28(24,25)13-14/h1-2,5-8,14-15H,3-4,9-13H2/t14-,15-/m1/s1. The van der Waals surface area contributed by atoms with Crippen LogP contribution < -0.4 is 0 Å². The van der Waals surface area contributed by atoms with E-state index in [1.165, 1.54) is 12.1 Å². The molecule has 0 N–H and O–H groups in total. The minimum atomic E-state index is -3.15. The number of hydrogen-bond donors (Lipinski definition) is 0. The molecule has 28 heavy (non-hydrogen) atoms. The first-order valence-corrected chi connectivity index (χ1v) is 11.2. The Balaban J connectivity index is 1.59. The van der Waals surface area contributed by atoms with Crippen LogP contribution in [0.3, 0.4) is 0 Å². The molecule has 1 aromatic carbocycles. The van der Waals surface area contributed by atoms with Crippen LogP contribution in [0.2, 0.25) is 0 Å². The van der Waals surface area contributed by atoms with Gasteiger partial charge in [-0.1, -0.05) is 12.1 Å². The monoisotopic (exact) mass is 407 g/mol. The van der Waals surface area contributed by atoms with Gasteiger partial charge in [-0.15, -0.1) is 0 Å². The highest BCUT2D eigenvalue weighted by molar-refractivity contribution is 7.91. The predicted molar refractivity (Wildman–Crippen MR) is 101 cm³/mol. The van der Waals surface area contributed by atoms with Crippen molar-refractivity contribution >= 4 is 15.7 Å². The highest BCUT2D eigenvalue weighted by Gasteiger charge is 2.37. The summed E-state index contributed by atoms with van der Waals surface area (Å²) in [4.78, 5) is 14.7. The zero-order chi connectivity index (χ0) is 19.7. The number of carbonyl (C=O) groups is 1. The summed E-state index contributed by atoms with van der Waals surface area (Å²) in [5.74, 6) is -0.468. The molecule has 3 heterocycles. The fourth-order valence-corrected chi connectivity index (χ4v) is 5.56. The van der Waals surface area contributed by atoms with E-state index in [2.05, 4.69) is 0 Å². The van der Waals surface area contributed by atoms with Crippen LogP contribution >= 0.6 is 0 Å². The summed E-state index contributed by atoms with van der Waals surface area (Å²) in [6.07, 6.45) is 2.06. The smallest absolute Gasteiger partial charge is 0.289 e. The van der Waals surface area contributed by atoms with Crippen molar-refractivity contribution in [1.82, 2.24) is 4.90 Å². The fourth-order valence-electron chi connectivity index (χ4n) is 3.83. The first-order chi connectivity index (χ1) is 13.4. The topological polar surface area (TPSA) is 76.8 Å². The number of amides is 1. The Morgan fingerprint density at radius 1 is 1.18 bits per heavy atom. The molecule has 6 nitrogen and oxygen atoms in total. The van der Waals surface area contributed by atoms with Crippen molar-refractivity contribution < 1.29 is 26.8 Å². The van der Waals surface area contributed by atoms with Crippen LogP contribution in [0.4, 0.5) is 4.39 Å². The van der Waals surface area contributed by atoms with E-state index in [1.54, 1.807) is 29.2 Å². The number of halogens is 1. The van der Waals surface area contributed by atoms with E-state index in [0.717, 1.165) is 12.8 Å². The van der Waals surface area contributed by atoms with Gasteiger partial charge in [0, 0.05) is 19.2 Å². The molecule has 0 spiro atoms. The zero-order valence-electron chi connectivity index (χ0n) is 15.3.